The fourth-order valence-corrected chi connectivity index (χ4v) is 3.67. The van der Waals surface area contributed by atoms with Crippen molar-refractivity contribution in [3.8, 4) is 0 Å². The minimum atomic E-state index is -0.598. The molecule has 2 saturated heterocycles. The number of epoxide rings is 2. The van der Waals surface area contributed by atoms with Crippen LogP contribution in [-0.4, -0.2) is 29.7 Å². The van der Waals surface area contributed by atoms with Gasteiger partial charge in [0.1, 0.15) is 11.7 Å². The second-order valence-corrected chi connectivity index (χ2v) is 6.05. The number of fused-ring (bicyclic) bond motifs is 2. The Morgan fingerprint density at radius 1 is 1.29 bits per heavy atom. The minimum Gasteiger partial charge on any atom is -0.358 e. The third kappa shape index (κ3) is 1.17. The summed E-state index contributed by atoms with van der Waals surface area (Å²) in [5.41, 5.74) is 0.0729. The molecule has 0 aromatic carbocycles. The van der Waals surface area contributed by atoms with Crippen molar-refractivity contribution >= 4 is 5.78 Å². The van der Waals surface area contributed by atoms with E-state index in [1.807, 2.05) is 6.92 Å². The molecule has 0 bridgehead atoms. The van der Waals surface area contributed by atoms with Crippen LogP contribution in [0.1, 0.15) is 39.0 Å². The topological polar surface area (TPSA) is 42.1 Å². The molecule has 2 aliphatic heterocycles. The van der Waals surface area contributed by atoms with Crippen molar-refractivity contribution in [1.29, 1.82) is 0 Å². The predicted octanol–water partition coefficient (Wildman–Crippen LogP) is 2.00. The smallest absolute Gasteiger partial charge is 0.196 e. The number of hydrogen-bond donors (Lipinski definition) is 0. The average molecular weight is 234 g/mol. The molecule has 4 aliphatic rings. The number of carbonyl (C=O) groups excluding carboxylic acids is 1. The van der Waals surface area contributed by atoms with E-state index in [0.29, 0.717) is 12.5 Å². The first-order valence-electron chi connectivity index (χ1n) is 6.76. The standard InChI is InChI=1S/C14H18O3/c1-13-11(17-13)7-10(9-5-3-2-4-6-9)12(15)14(13)8-16-14/h7,9,11H,2-6,8H2,1H3/t11-,13-,14-/m1/s1. The van der Waals surface area contributed by atoms with E-state index in [4.69, 9.17) is 9.47 Å². The molecule has 3 fully saturated rings. The molecule has 3 atom stereocenters. The van der Waals surface area contributed by atoms with Gasteiger partial charge in [-0.3, -0.25) is 4.79 Å². The van der Waals surface area contributed by atoms with Gasteiger partial charge in [0.05, 0.1) is 6.61 Å². The van der Waals surface area contributed by atoms with Gasteiger partial charge in [0.2, 0.25) is 0 Å². The summed E-state index contributed by atoms with van der Waals surface area (Å²) in [6.45, 7) is 2.57. The molecule has 0 aromatic rings. The molecule has 0 aromatic heterocycles. The van der Waals surface area contributed by atoms with Gasteiger partial charge in [-0.25, -0.2) is 0 Å². The Morgan fingerprint density at radius 2 is 2.00 bits per heavy atom. The zero-order chi connectivity index (χ0) is 11.7. The van der Waals surface area contributed by atoms with E-state index < -0.39 is 5.60 Å². The monoisotopic (exact) mass is 234 g/mol. The van der Waals surface area contributed by atoms with E-state index in [1.165, 1.54) is 19.3 Å². The first-order valence-corrected chi connectivity index (χ1v) is 6.76. The van der Waals surface area contributed by atoms with Crippen LogP contribution in [0.2, 0.25) is 0 Å². The molecule has 0 N–H and O–H groups in total. The van der Waals surface area contributed by atoms with E-state index in [0.717, 1.165) is 18.4 Å². The fourth-order valence-electron chi connectivity index (χ4n) is 3.67. The Balaban J connectivity index is 1.68. The highest BCUT2D eigenvalue weighted by Crippen LogP contribution is 2.59. The maximum Gasteiger partial charge on any atom is 0.196 e. The van der Waals surface area contributed by atoms with Gasteiger partial charge in [0.25, 0.3) is 0 Å². The van der Waals surface area contributed by atoms with E-state index in [9.17, 15) is 4.79 Å². The average Bonchev–Trinajstić information content (AvgIpc) is 3.22. The van der Waals surface area contributed by atoms with E-state index >= 15 is 0 Å². The SMILES string of the molecule is C[C@@]12O[C@@H]1C=C(C1CCCCC1)C(=O)[C@]21CO1. The van der Waals surface area contributed by atoms with Crippen LogP contribution in [0.15, 0.2) is 11.6 Å². The highest BCUT2D eigenvalue weighted by molar-refractivity contribution is 6.07. The van der Waals surface area contributed by atoms with Crippen LogP contribution in [0, 0.1) is 5.92 Å². The van der Waals surface area contributed by atoms with E-state index in [-0.39, 0.29) is 17.5 Å². The van der Waals surface area contributed by atoms with Gasteiger partial charge in [-0.2, -0.15) is 0 Å². The molecule has 0 amide bonds. The summed E-state index contributed by atoms with van der Waals surface area (Å²) in [5.74, 6) is 0.687. The molecule has 0 unspecified atom stereocenters. The van der Waals surface area contributed by atoms with Gasteiger partial charge >= 0.3 is 0 Å². The van der Waals surface area contributed by atoms with Gasteiger partial charge in [-0.05, 0) is 31.8 Å². The minimum absolute atomic E-state index is 0.125. The summed E-state index contributed by atoms with van der Waals surface area (Å²) in [4.78, 5) is 12.6. The normalized spacial score (nSPS) is 48.9. The Bertz CT molecular complexity index is 415. The van der Waals surface area contributed by atoms with Crippen molar-refractivity contribution in [1.82, 2.24) is 0 Å². The quantitative estimate of drug-likeness (QED) is 0.652. The van der Waals surface area contributed by atoms with Gasteiger partial charge in [-0.15, -0.1) is 0 Å². The molecule has 3 nitrogen and oxygen atoms in total. The Labute approximate surface area is 101 Å². The van der Waals surface area contributed by atoms with Crippen LogP contribution < -0.4 is 0 Å². The molecule has 2 heterocycles. The summed E-state index contributed by atoms with van der Waals surface area (Å²) in [5, 5.41) is 0. The molecule has 3 heteroatoms. The zero-order valence-electron chi connectivity index (χ0n) is 10.2. The molecule has 2 aliphatic carbocycles. The van der Waals surface area contributed by atoms with Crippen molar-refractivity contribution in [3.05, 3.63) is 11.6 Å². The summed E-state index contributed by atoms with van der Waals surface area (Å²) >= 11 is 0. The van der Waals surface area contributed by atoms with Crippen LogP contribution in [0.25, 0.3) is 0 Å². The number of ether oxygens (including phenoxy) is 2. The molecule has 0 radical (unpaired) electrons. The van der Waals surface area contributed by atoms with Crippen molar-refractivity contribution in [2.75, 3.05) is 6.61 Å². The highest BCUT2D eigenvalue weighted by Gasteiger charge is 2.78. The lowest BCUT2D eigenvalue weighted by Crippen LogP contribution is -2.45. The maximum atomic E-state index is 12.6. The second kappa shape index (κ2) is 3.01. The van der Waals surface area contributed by atoms with Crippen LogP contribution in [-0.2, 0) is 14.3 Å². The lowest BCUT2D eigenvalue weighted by molar-refractivity contribution is -0.123. The van der Waals surface area contributed by atoms with Crippen molar-refractivity contribution in [2.24, 2.45) is 5.92 Å². The molecule has 17 heavy (non-hydrogen) atoms. The Hall–Kier alpha value is -0.670. The molecule has 92 valence electrons. The Kier molecular flexibility index (Phi) is 1.82. The van der Waals surface area contributed by atoms with Gasteiger partial charge in [-0.1, -0.05) is 19.3 Å². The Morgan fingerprint density at radius 3 is 2.65 bits per heavy atom. The molecule has 1 saturated carbocycles. The summed E-state index contributed by atoms with van der Waals surface area (Å²) in [6, 6.07) is 0. The third-order valence-corrected chi connectivity index (χ3v) is 5.10. The fraction of sp³-hybridized carbons (Fsp3) is 0.786. The zero-order valence-corrected chi connectivity index (χ0v) is 10.2. The van der Waals surface area contributed by atoms with E-state index in [2.05, 4.69) is 6.08 Å². The molecule has 4 rings (SSSR count). The second-order valence-electron chi connectivity index (χ2n) is 6.05. The summed E-state index contributed by atoms with van der Waals surface area (Å²) in [6.07, 6.45) is 8.37. The van der Waals surface area contributed by atoms with Crippen LogP contribution in [0.4, 0.5) is 0 Å². The molecule has 1 spiro atoms. The van der Waals surface area contributed by atoms with Crippen molar-refractivity contribution in [2.45, 2.75) is 56.3 Å². The first-order chi connectivity index (χ1) is 8.17. The van der Waals surface area contributed by atoms with E-state index in [1.54, 1.807) is 0 Å². The molecular formula is C14H18O3. The van der Waals surface area contributed by atoms with Crippen molar-refractivity contribution < 1.29 is 14.3 Å². The lowest BCUT2D eigenvalue weighted by atomic mass is 9.72. The summed E-state index contributed by atoms with van der Waals surface area (Å²) in [7, 11) is 0. The summed E-state index contributed by atoms with van der Waals surface area (Å²) < 4.78 is 11.2. The number of ketones is 1. The number of rotatable bonds is 1. The van der Waals surface area contributed by atoms with Gasteiger partial charge in [0, 0.05) is 5.57 Å². The van der Waals surface area contributed by atoms with Gasteiger partial charge in [0.15, 0.2) is 11.4 Å². The number of carbonyl (C=O) groups is 1. The predicted molar refractivity (Wildman–Crippen MR) is 61.6 cm³/mol. The van der Waals surface area contributed by atoms with Gasteiger partial charge < -0.3 is 9.47 Å². The maximum absolute atomic E-state index is 12.6. The van der Waals surface area contributed by atoms with Crippen molar-refractivity contribution in [3.63, 3.8) is 0 Å². The van der Waals surface area contributed by atoms with Crippen LogP contribution >= 0.6 is 0 Å². The largest absolute Gasteiger partial charge is 0.358 e. The first kappa shape index (κ1) is 10.3. The lowest BCUT2D eigenvalue weighted by Gasteiger charge is -2.28. The highest BCUT2D eigenvalue weighted by atomic mass is 16.7. The number of hydrogen-bond acceptors (Lipinski definition) is 3. The van der Waals surface area contributed by atoms with Crippen LogP contribution in [0.5, 0.6) is 0 Å². The number of Topliss-reactive ketones (excluding diaryl/α,β-unsaturated/α-hetero) is 1. The van der Waals surface area contributed by atoms with Crippen LogP contribution in [0.3, 0.4) is 0 Å². The molecular weight excluding hydrogens is 216 g/mol. The third-order valence-electron chi connectivity index (χ3n) is 5.10.